The fraction of sp³-hybridized carbons (Fsp3) is 0.462. The lowest BCUT2D eigenvalue weighted by Gasteiger charge is -2.25. The van der Waals surface area contributed by atoms with Gasteiger partial charge in [-0.2, -0.15) is 0 Å². The van der Waals surface area contributed by atoms with Crippen molar-refractivity contribution in [2.45, 2.75) is 12.0 Å². The van der Waals surface area contributed by atoms with E-state index in [2.05, 4.69) is 10.6 Å². The number of rotatable bonds is 4. The molecule has 1 fully saturated rings. The Balaban J connectivity index is 1.84. The third-order valence-corrected chi connectivity index (χ3v) is 3.22. The molecule has 0 spiro atoms. The second-order valence-electron chi connectivity index (χ2n) is 4.62. The van der Waals surface area contributed by atoms with Crippen LogP contribution in [0.25, 0.3) is 0 Å². The summed E-state index contributed by atoms with van der Waals surface area (Å²) in [7, 11) is 1.63. The lowest BCUT2D eigenvalue weighted by atomic mass is 10.0. The molecule has 2 rings (SSSR count). The molecule has 2 amide bonds. The van der Waals surface area contributed by atoms with Gasteiger partial charge in [0.1, 0.15) is 5.60 Å². The van der Waals surface area contributed by atoms with Crippen LogP contribution in [0, 0.1) is 0 Å². The van der Waals surface area contributed by atoms with E-state index >= 15 is 0 Å². The minimum atomic E-state index is -0.410. The van der Waals surface area contributed by atoms with E-state index in [4.69, 9.17) is 15.2 Å². The van der Waals surface area contributed by atoms with E-state index < -0.39 is 5.60 Å². The largest absolute Gasteiger partial charge is 0.399 e. The van der Waals surface area contributed by atoms with Gasteiger partial charge in [-0.25, -0.2) is 4.79 Å². The van der Waals surface area contributed by atoms with Crippen LogP contribution in [0.3, 0.4) is 0 Å². The first-order chi connectivity index (χ1) is 9.13. The van der Waals surface area contributed by atoms with Gasteiger partial charge in [-0.3, -0.25) is 0 Å². The van der Waals surface area contributed by atoms with Crippen LogP contribution in [0.4, 0.5) is 16.2 Å². The van der Waals surface area contributed by atoms with Crippen molar-refractivity contribution in [2.75, 3.05) is 37.9 Å². The van der Waals surface area contributed by atoms with E-state index in [0.29, 0.717) is 31.1 Å². The summed E-state index contributed by atoms with van der Waals surface area (Å²) in [5.74, 6) is 0. The summed E-state index contributed by atoms with van der Waals surface area (Å²) in [6, 6.07) is 6.74. The maximum absolute atomic E-state index is 11.8. The van der Waals surface area contributed by atoms with Gasteiger partial charge in [0, 0.05) is 31.5 Å². The van der Waals surface area contributed by atoms with Gasteiger partial charge in [-0.15, -0.1) is 0 Å². The molecule has 1 aliphatic rings. The van der Waals surface area contributed by atoms with Crippen molar-refractivity contribution in [1.29, 1.82) is 0 Å². The summed E-state index contributed by atoms with van der Waals surface area (Å²) in [6.07, 6.45) is 0.780. The summed E-state index contributed by atoms with van der Waals surface area (Å²) in [5, 5.41) is 5.51. The SMILES string of the molecule is COC1(CNC(=O)Nc2cccc(N)c2)CCOC1. The van der Waals surface area contributed by atoms with Crippen LogP contribution in [0.1, 0.15) is 6.42 Å². The summed E-state index contributed by atoms with van der Waals surface area (Å²) >= 11 is 0. The number of amides is 2. The molecule has 6 heteroatoms. The standard InChI is InChI=1S/C13H19N3O3/c1-18-13(5-6-19-9-13)8-15-12(17)16-11-4-2-3-10(14)7-11/h2-4,7H,5-6,8-9,14H2,1H3,(H2,15,16,17). The van der Waals surface area contributed by atoms with Gasteiger partial charge in [-0.1, -0.05) is 6.07 Å². The number of nitrogens with two attached hydrogens (primary N) is 1. The molecule has 1 aromatic carbocycles. The zero-order valence-electron chi connectivity index (χ0n) is 10.9. The summed E-state index contributed by atoms with van der Waals surface area (Å²) in [6.45, 7) is 1.58. The molecule has 19 heavy (non-hydrogen) atoms. The van der Waals surface area contributed by atoms with Crippen molar-refractivity contribution < 1.29 is 14.3 Å². The Labute approximate surface area is 112 Å². The van der Waals surface area contributed by atoms with E-state index in [0.717, 1.165) is 6.42 Å². The van der Waals surface area contributed by atoms with Crippen LogP contribution in [0.15, 0.2) is 24.3 Å². The molecule has 0 aromatic heterocycles. The number of benzene rings is 1. The summed E-state index contributed by atoms with van der Waals surface area (Å²) in [4.78, 5) is 11.8. The third kappa shape index (κ3) is 3.59. The minimum absolute atomic E-state index is 0.283. The molecular weight excluding hydrogens is 246 g/mol. The molecule has 1 atom stereocenters. The Bertz CT molecular complexity index is 445. The van der Waals surface area contributed by atoms with Crippen molar-refractivity contribution in [3.8, 4) is 0 Å². The number of nitrogens with one attached hydrogen (secondary N) is 2. The highest BCUT2D eigenvalue weighted by Gasteiger charge is 2.35. The van der Waals surface area contributed by atoms with Crippen molar-refractivity contribution in [1.82, 2.24) is 5.32 Å². The van der Waals surface area contributed by atoms with Crippen LogP contribution in [0.2, 0.25) is 0 Å². The average molecular weight is 265 g/mol. The number of hydrogen-bond acceptors (Lipinski definition) is 4. The maximum Gasteiger partial charge on any atom is 0.319 e. The number of methoxy groups -OCH3 is 1. The highest BCUT2D eigenvalue weighted by molar-refractivity contribution is 5.89. The Morgan fingerprint density at radius 3 is 3.05 bits per heavy atom. The number of urea groups is 1. The molecule has 1 aromatic rings. The highest BCUT2D eigenvalue weighted by Crippen LogP contribution is 2.21. The third-order valence-electron chi connectivity index (χ3n) is 3.22. The Morgan fingerprint density at radius 2 is 2.42 bits per heavy atom. The molecule has 1 aliphatic heterocycles. The predicted octanol–water partition coefficient (Wildman–Crippen LogP) is 1.20. The van der Waals surface area contributed by atoms with E-state index in [1.54, 1.807) is 31.4 Å². The number of hydrogen-bond donors (Lipinski definition) is 3. The first kappa shape index (κ1) is 13.6. The molecule has 0 radical (unpaired) electrons. The molecule has 0 saturated carbocycles. The molecule has 1 unspecified atom stereocenters. The van der Waals surface area contributed by atoms with E-state index in [-0.39, 0.29) is 6.03 Å². The first-order valence-electron chi connectivity index (χ1n) is 6.17. The quantitative estimate of drug-likeness (QED) is 0.714. The topological polar surface area (TPSA) is 85.6 Å². The maximum atomic E-state index is 11.8. The lowest BCUT2D eigenvalue weighted by Crippen LogP contribution is -2.46. The van der Waals surface area contributed by atoms with Gasteiger partial charge in [0.2, 0.25) is 0 Å². The van der Waals surface area contributed by atoms with Crippen LogP contribution in [0.5, 0.6) is 0 Å². The lowest BCUT2D eigenvalue weighted by molar-refractivity contribution is -0.0135. The smallest absolute Gasteiger partial charge is 0.319 e. The van der Waals surface area contributed by atoms with Crippen molar-refractivity contribution in [3.63, 3.8) is 0 Å². The Hall–Kier alpha value is -1.79. The van der Waals surface area contributed by atoms with Gasteiger partial charge in [0.15, 0.2) is 0 Å². The number of ether oxygens (including phenoxy) is 2. The second kappa shape index (κ2) is 5.90. The Kier molecular flexibility index (Phi) is 4.24. The minimum Gasteiger partial charge on any atom is -0.399 e. The van der Waals surface area contributed by atoms with Crippen molar-refractivity contribution in [2.24, 2.45) is 0 Å². The van der Waals surface area contributed by atoms with Crippen LogP contribution >= 0.6 is 0 Å². The Morgan fingerprint density at radius 1 is 1.58 bits per heavy atom. The number of anilines is 2. The molecule has 1 heterocycles. The van der Waals surface area contributed by atoms with Crippen molar-refractivity contribution >= 4 is 17.4 Å². The molecule has 4 N–H and O–H groups in total. The summed E-state index contributed by atoms with van der Waals surface area (Å²) in [5.41, 5.74) is 6.50. The average Bonchev–Trinajstić information content (AvgIpc) is 2.86. The molecule has 6 nitrogen and oxygen atoms in total. The van der Waals surface area contributed by atoms with Crippen LogP contribution < -0.4 is 16.4 Å². The predicted molar refractivity (Wildman–Crippen MR) is 73.1 cm³/mol. The monoisotopic (exact) mass is 265 g/mol. The molecule has 104 valence electrons. The molecule has 0 aliphatic carbocycles. The van der Waals surface area contributed by atoms with Gasteiger partial charge >= 0.3 is 6.03 Å². The van der Waals surface area contributed by atoms with Crippen molar-refractivity contribution in [3.05, 3.63) is 24.3 Å². The number of nitrogen functional groups attached to an aromatic ring is 1. The summed E-state index contributed by atoms with van der Waals surface area (Å²) < 4.78 is 10.7. The second-order valence-corrected chi connectivity index (χ2v) is 4.62. The fourth-order valence-electron chi connectivity index (χ4n) is 1.99. The van der Waals surface area contributed by atoms with E-state index in [9.17, 15) is 4.79 Å². The van der Waals surface area contributed by atoms with Gasteiger partial charge in [0.25, 0.3) is 0 Å². The normalized spacial score (nSPS) is 22.2. The zero-order valence-corrected chi connectivity index (χ0v) is 10.9. The first-order valence-corrected chi connectivity index (χ1v) is 6.17. The molecule has 1 saturated heterocycles. The van der Waals surface area contributed by atoms with Gasteiger partial charge in [0.05, 0.1) is 13.2 Å². The fourth-order valence-corrected chi connectivity index (χ4v) is 1.99. The van der Waals surface area contributed by atoms with Crippen LogP contribution in [-0.2, 0) is 9.47 Å². The van der Waals surface area contributed by atoms with Gasteiger partial charge in [-0.05, 0) is 18.2 Å². The van der Waals surface area contributed by atoms with Gasteiger partial charge < -0.3 is 25.8 Å². The van der Waals surface area contributed by atoms with Crippen LogP contribution in [-0.4, -0.2) is 38.5 Å². The number of carbonyl (C=O) groups is 1. The number of carbonyl (C=O) groups excluding carboxylic acids is 1. The van der Waals surface area contributed by atoms with E-state index in [1.165, 1.54) is 0 Å². The molecular formula is C13H19N3O3. The zero-order chi connectivity index (χ0) is 13.7. The van der Waals surface area contributed by atoms with E-state index in [1.807, 2.05) is 0 Å². The molecule has 0 bridgehead atoms. The highest BCUT2D eigenvalue weighted by atomic mass is 16.5.